The summed E-state index contributed by atoms with van der Waals surface area (Å²) in [5.41, 5.74) is 2.27. The molecule has 1 atom stereocenters. The molecule has 28 heavy (non-hydrogen) atoms. The molecule has 4 rings (SSSR count). The Morgan fingerprint density at radius 3 is 2.54 bits per heavy atom. The molecule has 0 aliphatic heterocycles. The van der Waals surface area contributed by atoms with Crippen molar-refractivity contribution >= 4 is 17.2 Å². The zero-order valence-electron chi connectivity index (χ0n) is 14.5. The van der Waals surface area contributed by atoms with Gasteiger partial charge in [0, 0.05) is 42.2 Å². The number of carbonyl (C=O) groups excluding carboxylic acids is 1. The van der Waals surface area contributed by atoms with Crippen molar-refractivity contribution in [3.05, 3.63) is 65.9 Å². The Morgan fingerprint density at radius 1 is 1.11 bits per heavy atom. The summed E-state index contributed by atoms with van der Waals surface area (Å²) in [6, 6.07) is 9.01. The quantitative estimate of drug-likeness (QED) is 0.600. The Morgan fingerprint density at radius 2 is 1.86 bits per heavy atom. The smallest absolute Gasteiger partial charge is 0.356 e. The molecule has 0 saturated heterocycles. The first-order valence-corrected chi connectivity index (χ1v) is 8.60. The van der Waals surface area contributed by atoms with Crippen LogP contribution < -0.4 is 5.32 Å². The van der Waals surface area contributed by atoms with Crippen LogP contribution in [0.15, 0.2) is 48.8 Å². The highest BCUT2D eigenvalue weighted by Crippen LogP contribution is 2.43. The number of benzene rings is 1. The van der Waals surface area contributed by atoms with Crippen LogP contribution in [0, 0.1) is 11.7 Å². The second-order valence-corrected chi connectivity index (χ2v) is 6.67. The number of carbonyl (C=O) groups is 1. The lowest BCUT2D eigenvalue weighted by molar-refractivity contribution is -0.174. The number of Topliss-reactive ketones (excluding diaryl/α,β-unsaturated/α-hetero) is 1. The lowest BCUT2D eigenvalue weighted by atomic mass is 9.86. The van der Waals surface area contributed by atoms with Gasteiger partial charge in [-0.2, -0.15) is 13.2 Å². The van der Waals surface area contributed by atoms with E-state index in [-0.39, 0.29) is 17.7 Å². The third-order valence-electron chi connectivity index (χ3n) is 4.76. The largest absolute Gasteiger partial charge is 0.392 e. The molecule has 2 aromatic heterocycles. The van der Waals surface area contributed by atoms with E-state index in [9.17, 15) is 22.4 Å². The molecule has 0 amide bonds. The number of alkyl halides is 3. The molecular weight excluding hydrogens is 374 g/mol. The van der Waals surface area contributed by atoms with E-state index in [4.69, 9.17) is 0 Å². The van der Waals surface area contributed by atoms with Gasteiger partial charge in [0.2, 0.25) is 0 Å². The van der Waals surface area contributed by atoms with Crippen LogP contribution in [0.5, 0.6) is 0 Å². The molecule has 1 unspecified atom stereocenters. The second kappa shape index (κ2) is 6.78. The number of ketones is 1. The average molecular weight is 389 g/mol. The van der Waals surface area contributed by atoms with Crippen molar-refractivity contribution in [2.45, 2.75) is 19.0 Å². The average Bonchev–Trinajstić information content (AvgIpc) is 3.01. The number of nitrogens with zero attached hydrogens (tertiary/aromatic N) is 1. The summed E-state index contributed by atoms with van der Waals surface area (Å²) in [5, 5.41) is 3.01. The number of hydrogen-bond acceptors (Lipinski definition) is 3. The van der Waals surface area contributed by atoms with Crippen LogP contribution in [0.1, 0.15) is 22.5 Å². The minimum absolute atomic E-state index is 0.191. The van der Waals surface area contributed by atoms with Gasteiger partial charge in [-0.1, -0.05) is 6.07 Å². The van der Waals surface area contributed by atoms with E-state index in [1.165, 1.54) is 18.2 Å². The molecule has 0 radical (unpaired) electrons. The summed E-state index contributed by atoms with van der Waals surface area (Å²) in [7, 11) is 0. The van der Waals surface area contributed by atoms with E-state index in [1.807, 2.05) is 0 Å². The minimum atomic E-state index is -4.45. The monoisotopic (exact) mass is 389 g/mol. The molecular formula is C20H15F4N3O. The SMILES string of the molecule is O=C1CC(C(F)(F)F)Cc2[nH]c(-c3ccncc3)c(Nc3cccc(F)c3)c21. The lowest BCUT2D eigenvalue weighted by Crippen LogP contribution is -2.31. The maximum Gasteiger partial charge on any atom is 0.392 e. The molecule has 1 aliphatic carbocycles. The fourth-order valence-corrected chi connectivity index (χ4v) is 3.46. The van der Waals surface area contributed by atoms with Crippen molar-refractivity contribution < 1.29 is 22.4 Å². The fourth-order valence-electron chi connectivity index (χ4n) is 3.46. The third kappa shape index (κ3) is 3.37. The number of anilines is 2. The molecule has 0 bridgehead atoms. The number of nitrogens with one attached hydrogen (secondary N) is 2. The number of aromatic nitrogens is 2. The van der Waals surface area contributed by atoms with Crippen LogP contribution in [-0.2, 0) is 6.42 Å². The van der Waals surface area contributed by atoms with Crippen molar-refractivity contribution in [2.75, 3.05) is 5.32 Å². The number of H-pyrrole nitrogens is 1. The van der Waals surface area contributed by atoms with Crippen LogP contribution >= 0.6 is 0 Å². The third-order valence-corrected chi connectivity index (χ3v) is 4.76. The Bertz CT molecular complexity index is 1030. The number of fused-ring (bicyclic) bond motifs is 1. The van der Waals surface area contributed by atoms with Crippen LogP contribution in [0.25, 0.3) is 11.3 Å². The highest BCUT2D eigenvalue weighted by atomic mass is 19.4. The summed E-state index contributed by atoms with van der Waals surface area (Å²) >= 11 is 0. The molecule has 1 aromatic carbocycles. The van der Waals surface area contributed by atoms with Crippen molar-refractivity contribution in [3.63, 3.8) is 0 Å². The van der Waals surface area contributed by atoms with E-state index in [0.29, 0.717) is 22.6 Å². The van der Waals surface area contributed by atoms with Crippen LogP contribution in [0.4, 0.5) is 28.9 Å². The van der Waals surface area contributed by atoms with Gasteiger partial charge in [0.05, 0.1) is 22.9 Å². The zero-order valence-corrected chi connectivity index (χ0v) is 14.5. The van der Waals surface area contributed by atoms with E-state index >= 15 is 0 Å². The minimum Gasteiger partial charge on any atom is -0.356 e. The Kier molecular flexibility index (Phi) is 4.41. The number of rotatable bonds is 3. The van der Waals surface area contributed by atoms with E-state index in [2.05, 4.69) is 15.3 Å². The highest BCUT2D eigenvalue weighted by Gasteiger charge is 2.45. The molecule has 2 heterocycles. The predicted octanol–water partition coefficient (Wildman–Crippen LogP) is 5.27. The first-order valence-electron chi connectivity index (χ1n) is 8.60. The van der Waals surface area contributed by atoms with Crippen molar-refractivity contribution in [1.82, 2.24) is 9.97 Å². The van der Waals surface area contributed by atoms with Gasteiger partial charge < -0.3 is 10.3 Å². The Balaban J connectivity index is 1.84. The van der Waals surface area contributed by atoms with Gasteiger partial charge in [-0.15, -0.1) is 0 Å². The van der Waals surface area contributed by atoms with E-state index in [0.717, 1.165) is 0 Å². The van der Waals surface area contributed by atoms with Crippen molar-refractivity contribution in [3.8, 4) is 11.3 Å². The summed E-state index contributed by atoms with van der Waals surface area (Å²) in [6.07, 6.45) is -2.29. The van der Waals surface area contributed by atoms with Gasteiger partial charge in [0.25, 0.3) is 0 Å². The molecule has 0 fully saturated rings. The van der Waals surface area contributed by atoms with Gasteiger partial charge in [-0.25, -0.2) is 4.39 Å². The molecule has 3 aromatic rings. The number of pyridine rings is 1. The topological polar surface area (TPSA) is 57.8 Å². The van der Waals surface area contributed by atoms with Crippen LogP contribution in [0.3, 0.4) is 0 Å². The summed E-state index contributed by atoms with van der Waals surface area (Å²) < 4.78 is 53.2. The fraction of sp³-hybridized carbons (Fsp3) is 0.200. The zero-order chi connectivity index (χ0) is 19.9. The molecule has 1 aliphatic rings. The predicted molar refractivity (Wildman–Crippen MR) is 95.9 cm³/mol. The summed E-state index contributed by atoms with van der Waals surface area (Å²) in [6.45, 7) is 0. The maximum atomic E-state index is 13.6. The standard InChI is InChI=1S/C20H15F4N3O/c21-13-2-1-3-14(10-13)26-19-17-15(8-12(9-16(17)28)20(22,23)24)27-18(19)11-4-6-25-7-5-11/h1-7,10,12,26-27H,8-9H2. The van der Waals surface area contributed by atoms with Gasteiger partial charge >= 0.3 is 6.18 Å². The highest BCUT2D eigenvalue weighted by molar-refractivity contribution is 6.07. The molecule has 0 spiro atoms. The van der Waals surface area contributed by atoms with Gasteiger partial charge in [-0.05, 0) is 30.3 Å². The normalized spacial score (nSPS) is 16.7. The van der Waals surface area contributed by atoms with E-state index in [1.54, 1.807) is 30.6 Å². The van der Waals surface area contributed by atoms with Gasteiger partial charge in [0.1, 0.15) is 5.82 Å². The number of halogens is 4. The Hall–Kier alpha value is -3.16. The maximum absolute atomic E-state index is 13.6. The second-order valence-electron chi connectivity index (χ2n) is 6.67. The van der Waals surface area contributed by atoms with Gasteiger partial charge in [0.15, 0.2) is 5.78 Å². The molecule has 2 N–H and O–H groups in total. The van der Waals surface area contributed by atoms with Crippen molar-refractivity contribution in [2.24, 2.45) is 5.92 Å². The molecule has 8 heteroatoms. The molecule has 4 nitrogen and oxygen atoms in total. The number of aromatic amines is 1. The first-order chi connectivity index (χ1) is 13.3. The van der Waals surface area contributed by atoms with E-state index < -0.39 is 30.1 Å². The molecule has 0 saturated carbocycles. The first kappa shape index (κ1) is 18.2. The summed E-state index contributed by atoms with van der Waals surface area (Å²) in [5.74, 6) is -2.79. The lowest BCUT2D eigenvalue weighted by Gasteiger charge is -2.24. The van der Waals surface area contributed by atoms with Crippen molar-refractivity contribution in [1.29, 1.82) is 0 Å². The molecule has 144 valence electrons. The Labute approximate surface area is 157 Å². The van der Waals surface area contributed by atoms with Crippen LogP contribution in [-0.4, -0.2) is 21.9 Å². The number of hydrogen-bond donors (Lipinski definition) is 2. The summed E-state index contributed by atoms with van der Waals surface area (Å²) in [4.78, 5) is 19.5. The van der Waals surface area contributed by atoms with Crippen LogP contribution in [0.2, 0.25) is 0 Å². The van der Waals surface area contributed by atoms with Gasteiger partial charge in [-0.3, -0.25) is 9.78 Å².